The van der Waals surface area contributed by atoms with E-state index in [1.165, 1.54) is 14.2 Å². The van der Waals surface area contributed by atoms with Gasteiger partial charge in [0.1, 0.15) is 6.54 Å². The highest BCUT2D eigenvalue weighted by Crippen LogP contribution is 1.90. The minimum Gasteiger partial charge on any atom is -0.468 e. The van der Waals surface area contributed by atoms with E-state index in [4.69, 9.17) is 0 Å². The summed E-state index contributed by atoms with van der Waals surface area (Å²) in [6.45, 7) is 3.25. The van der Waals surface area contributed by atoms with Crippen molar-refractivity contribution in [3.8, 4) is 0 Å². The lowest BCUT2D eigenvalue weighted by molar-refractivity contribution is -0.141. The number of hydrogen-bond acceptors (Lipinski definition) is 4. The molecule has 5 heteroatoms. The molecule has 0 atom stereocenters. The lowest BCUT2D eigenvalue weighted by Gasteiger charge is -2.14. The van der Waals surface area contributed by atoms with Crippen LogP contribution in [0.3, 0.4) is 0 Å². The van der Waals surface area contributed by atoms with Crippen molar-refractivity contribution in [2.75, 3.05) is 27.3 Å². The minimum atomic E-state index is -0.588. The fourth-order valence-electron chi connectivity index (χ4n) is 0.520. The van der Waals surface area contributed by atoms with Gasteiger partial charge >= 0.3 is 12.1 Å². The normalized spacial score (nSPS) is 8.92. The molecular weight excluding hydrogens is 162 g/mol. The number of amides is 1. The molecule has 0 aromatic carbocycles. The maximum atomic E-state index is 10.9. The fourth-order valence-corrected chi connectivity index (χ4v) is 0.520. The average Bonchev–Trinajstić information content (AvgIpc) is 2.04. The Bertz CT molecular complexity index is 169. The Morgan fingerprint density at radius 2 is 2.08 bits per heavy atom. The SMILES string of the molecule is [CH2]COC(=O)N(C)CC(=O)OC. The quantitative estimate of drug-likeness (QED) is 0.568. The van der Waals surface area contributed by atoms with Crippen LogP contribution in [0.5, 0.6) is 0 Å². The number of methoxy groups -OCH3 is 1. The van der Waals surface area contributed by atoms with Crippen LogP contribution < -0.4 is 0 Å². The van der Waals surface area contributed by atoms with E-state index < -0.39 is 12.1 Å². The van der Waals surface area contributed by atoms with E-state index in [2.05, 4.69) is 16.4 Å². The summed E-state index contributed by atoms with van der Waals surface area (Å²) < 4.78 is 8.86. The maximum Gasteiger partial charge on any atom is 0.410 e. The van der Waals surface area contributed by atoms with Gasteiger partial charge in [0.05, 0.1) is 13.7 Å². The zero-order chi connectivity index (χ0) is 9.56. The third kappa shape index (κ3) is 3.80. The second-order valence-corrected chi connectivity index (χ2v) is 2.05. The van der Waals surface area contributed by atoms with Crippen LogP contribution in [0.15, 0.2) is 0 Å². The van der Waals surface area contributed by atoms with Gasteiger partial charge in [-0.15, -0.1) is 0 Å². The molecule has 0 heterocycles. The summed E-state index contributed by atoms with van der Waals surface area (Å²) in [5.41, 5.74) is 0. The van der Waals surface area contributed by atoms with E-state index >= 15 is 0 Å². The van der Waals surface area contributed by atoms with Gasteiger partial charge in [-0.3, -0.25) is 4.79 Å². The van der Waals surface area contributed by atoms with Gasteiger partial charge in [0.25, 0.3) is 0 Å². The Kier molecular flexibility index (Phi) is 4.83. The lowest BCUT2D eigenvalue weighted by Crippen LogP contribution is -2.33. The molecule has 0 N–H and O–H groups in total. The first kappa shape index (κ1) is 10.7. The maximum absolute atomic E-state index is 10.9. The monoisotopic (exact) mass is 174 g/mol. The number of carbonyl (C=O) groups excluding carboxylic acids is 2. The summed E-state index contributed by atoms with van der Waals surface area (Å²) in [5.74, 6) is -0.487. The molecule has 0 aromatic heterocycles. The van der Waals surface area contributed by atoms with Crippen LogP contribution in [-0.2, 0) is 14.3 Å². The van der Waals surface area contributed by atoms with Gasteiger partial charge < -0.3 is 14.4 Å². The molecule has 0 aliphatic heterocycles. The summed E-state index contributed by atoms with van der Waals surface area (Å²) in [6, 6.07) is 0. The van der Waals surface area contributed by atoms with Crippen LogP contribution in [0.2, 0.25) is 0 Å². The van der Waals surface area contributed by atoms with Gasteiger partial charge in [-0.05, 0) is 6.92 Å². The summed E-state index contributed by atoms with van der Waals surface area (Å²) >= 11 is 0. The lowest BCUT2D eigenvalue weighted by atomic mass is 10.6. The third-order valence-corrected chi connectivity index (χ3v) is 1.13. The number of likely N-dealkylation sites (N-methyl/N-ethyl adjacent to an activating group) is 1. The molecule has 0 saturated carbocycles. The topological polar surface area (TPSA) is 55.8 Å². The smallest absolute Gasteiger partial charge is 0.410 e. The molecule has 69 valence electrons. The Hall–Kier alpha value is -1.26. The number of rotatable bonds is 3. The third-order valence-electron chi connectivity index (χ3n) is 1.13. The highest BCUT2D eigenvalue weighted by Gasteiger charge is 2.12. The van der Waals surface area contributed by atoms with Crippen LogP contribution in [0.4, 0.5) is 4.79 Å². The predicted octanol–water partition coefficient (Wildman–Crippen LogP) is 0.0619. The minimum absolute atomic E-state index is 0.0460. The van der Waals surface area contributed by atoms with Gasteiger partial charge in [0, 0.05) is 7.05 Å². The highest BCUT2D eigenvalue weighted by molar-refractivity contribution is 5.77. The molecule has 0 unspecified atom stereocenters. The second kappa shape index (κ2) is 5.40. The van der Waals surface area contributed by atoms with Crippen LogP contribution in [0.25, 0.3) is 0 Å². The largest absolute Gasteiger partial charge is 0.468 e. The van der Waals surface area contributed by atoms with Gasteiger partial charge in [0.2, 0.25) is 0 Å². The number of esters is 1. The van der Waals surface area contributed by atoms with Crippen molar-refractivity contribution in [3.05, 3.63) is 6.92 Å². The van der Waals surface area contributed by atoms with Crippen LogP contribution >= 0.6 is 0 Å². The standard InChI is InChI=1S/C7H12NO4/c1-4-12-7(10)8(2)5-6(9)11-3/h1,4-5H2,2-3H3. The molecule has 1 amide bonds. The van der Waals surface area contributed by atoms with Crippen molar-refractivity contribution in [3.63, 3.8) is 0 Å². The number of carbonyl (C=O) groups is 2. The van der Waals surface area contributed by atoms with Crippen molar-refractivity contribution < 1.29 is 19.1 Å². The Morgan fingerprint density at radius 3 is 2.50 bits per heavy atom. The van der Waals surface area contributed by atoms with E-state index in [1.54, 1.807) is 0 Å². The molecule has 0 aliphatic carbocycles. The molecule has 0 bridgehead atoms. The first-order valence-electron chi connectivity index (χ1n) is 3.35. The Balaban J connectivity index is 3.78. The first-order valence-corrected chi connectivity index (χ1v) is 3.35. The molecule has 0 rings (SSSR count). The highest BCUT2D eigenvalue weighted by atomic mass is 16.6. The van der Waals surface area contributed by atoms with Crippen LogP contribution in [-0.4, -0.2) is 44.3 Å². The second-order valence-electron chi connectivity index (χ2n) is 2.05. The van der Waals surface area contributed by atoms with Crippen molar-refractivity contribution in [2.45, 2.75) is 0 Å². The first-order chi connectivity index (χ1) is 5.61. The molecule has 0 saturated heterocycles. The molecule has 0 aromatic rings. The average molecular weight is 174 g/mol. The summed E-state index contributed by atoms with van der Waals surface area (Å²) in [7, 11) is 2.69. The van der Waals surface area contributed by atoms with Crippen LogP contribution in [0, 0.1) is 6.92 Å². The number of nitrogens with zero attached hydrogens (tertiary/aromatic N) is 1. The van der Waals surface area contributed by atoms with Gasteiger partial charge in [-0.25, -0.2) is 4.79 Å². The molecule has 0 spiro atoms. The molecule has 0 aliphatic rings. The Morgan fingerprint density at radius 1 is 1.50 bits per heavy atom. The molecule has 1 radical (unpaired) electrons. The summed E-state index contributed by atoms with van der Waals surface area (Å²) in [4.78, 5) is 22.6. The van der Waals surface area contributed by atoms with Crippen LogP contribution in [0.1, 0.15) is 0 Å². The van der Waals surface area contributed by atoms with Crippen molar-refractivity contribution >= 4 is 12.1 Å². The number of hydrogen-bond donors (Lipinski definition) is 0. The van der Waals surface area contributed by atoms with Crippen molar-refractivity contribution in [2.24, 2.45) is 0 Å². The fraction of sp³-hybridized carbons (Fsp3) is 0.571. The van der Waals surface area contributed by atoms with Gasteiger partial charge in [-0.2, -0.15) is 0 Å². The summed E-state index contributed by atoms with van der Waals surface area (Å²) in [5, 5.41) is 0. The molecular formula is C7H12NO4. The van der Waals surface area contributed by atoms with E-state index in [0.29, 0.717) is 0 Å². The molecule has 0 fully saturated rings. The van der Waals surface area contributed by atoms with E-state index in [1.807, 2.05) is 0 Å². The molecule has 12 heavy (non-hydrogen) atoms. The van der Waals surface area contributed by atoms with E-state index in [0.717, 1.165) is 4.90 Å². The van der Waals surface area contributed by atoms with Gasteiger partial charge in [-0.1, -0.05) is 0 Å². The predicted molar refractivity (Wildman–Crippen MR) is 41.4 cm³/mol. The van der Waals surface area contributed by atoms with E-state index in [-0.39, 0.29) is 13.2 Å². The Labute approximate surface area is 71.2 Å². The summed E-state index contributed by atoms with van der Waals surface area (Å²) in [6.07, 6.45) is -0.588. The number of ether oxygens (including phenoxy) is 2. The van der Waals surface area contributed by atoms with E-state index in [9.17, 15) is 9.59 Å². The van der Waals surface area contributed by atoms with Crippen molar-refractivity contribution in [1.82, 2.24) is 4.90 Å². The van der Waals surface area contributed by atoms with Gasteiger partial charge in [0.15, 0.2) is 0 Å². The van der Waals surface area contributed by atoms with Crippen molar-refractivity contribution in [1.29, 1.82) is 0 Å². The zero-order valence-electron chi connectivity index (χ0n) is 7.20. The zero-order valence-corrected chi connectivity index (χ0v) is 7.20. The molecule has 5 nitrogen and oxygen atoms in total.